The van der Waals surface area contributed by atoms with Crippen molar-refractivity contribution in [2.45, 2.75) is 36.7 Å². The Morgan fingerprint density at radius 2 is 2.00 bits per heavy atom. The van der Waals surface area contributed by atoms with E-state index in [1.54, 1.807) is 6.07 Å². The number of hydrogen-bond acceptors (Lipinski definition) is 3. The highest BCUT2D eigenvalue weighted by atomic mass is 32.2. The largest absolute Gasteiger partial charge is 0.228 e. The van der Waals surface area contributed by atoms with Gasteiger partial charge in [-0.3, -0.25) is 0 Å². The second-order valence-corrected chi connectivity index (χ2v) is 6.92. The van der Waals surface area contributed by atoms with Gasteiger partial charge < -0.3 is 0 Å². The number of benzene rings is 1. The lowest BCUT2D eigenvalue weighted by Gasteiger charge is -2.11. The normalized spacial score (nSPS) is 16.7. The van der Waals surface area contributed by atoms with Crippen molar-refractivity contribution >= 4 is 9.84 Å². The van der Waals surface area contributed by atoms with Gasteiger partial charge >= 0.3 is 0 Å². The van der Waals surface area contributed by atoms with Crippen molar-refractivity contribution in [3.05, 3.63) is 35.1 Å². The van der Waals surface area contributed by atoms with E-state index >= 15 is 0 Å². The van der Waals surface area contributed by atoms with E-state index < -0.39 is 15.7 Å². The predicted molar refractivity (Wildman–Crippen MR) is 66.0 cm³/mol. The minimum Gasteiger partial charge on any atom is -0.228 e. The average Bonchev–Trinajstić information content (AvgIpc) is 2.85. The van der Waals surface area contributed by atoms with E-state index in [0.29, 0.717) is 18.4 Å². The number of nitriles is 1. The van der Waals surface area contributed by atoms with E-state index in [9.17, 15) is 12.8 Å². The first-order valence-corrected chi connectivity index (χ1v) is 7.64. The number of rotatable bonds is 3. The molecule has 1 aromatic rings. The topological polar surface area (TPSA) is 57.9 Å². The van der Waals surface area contributed by atoms with Crippen LogP contribution in [0.15, 0.2) is 18.2 Å². The van der Waals surface area contributed by atoms with Crippen molar-refractivity contribution in [3.8, 4) is 6.07 Å². The minimum atomic E-state index is -3.18. The number of nitrogens with zero attached hydrogens (tertiary/aromatic N) is 1. The zero-order valence-electron chi connectivity index (χ0n) is 9.89. The molecular weight excluding hydrogens is 253 g/mol. The van der Waals surface area contributed by atoms with E-state index in [0.717, 1.165) is 18.9 Å². The molecule has 0 heterocycles. The fourth-order valence-electron chi connectivity index (χ4n) is 2.35. The summed E-state index contributed by atoms with van der Waals surface area (Å²) in [6.07, 6.45) is 3.34. The predicted octanol–water partition coefficient (Wildman–Crippen LogP) is 2.55. The van der Waals surface area contributed by atoms with Crippen LogP contribution in [0.1, 0.15) is 36.8 Å². The monoisotopic (exact) mass is 267 g/mol. The summed E-state index contributed by atoms with van der Waals surface area (Å²) >= 11 is 0. The maximum absolute atomic E-state index is 13.1. The Labute approximate surface area is 106 Å². The smallest absolute Gasteiger partial charge is 0.157 e. The molecule has 0 saturated heterocycles. The van der Waals surface area contributed by atoms with Gasteiger partial charge in [-0.05, 0) is 30.5 Å². The molecule has 1 aromatic carbocycles. The summed E-state index contributed by atoms with van der Waals surface area (Å²) in [5, 5.41) is 8.44. The Balaban J connectivity index is 2.21. The average molecular weight is 267 g/mol. The standard InChI is InChI=1S/C13H14FNO2S/c14-13-6-5-10(7-11(13)8-15)9-18(16,17)12-3-1-2-4-12/h5-7,12H,1-4,9H2. The van der Waals surface area contributed by atoms with Crippen LogP contribution in [0.25, 0.3) is 0 Å². The molecule has 0 bridgehead atoms. The Morgan fingerprint density at radius 1 is 1.33 bits per heavy atom. The maximum Gasteiger partial charge on any atom is 0.157 e. The fraction of sp³-hybridized carbons (Fsp3) is 0.462. The third-order valence-corrected chi connectivity index (χ3v) is 5.55. The SMILES string of the molecule is N#Cc1cc(CS(=O)(=O)C2CCCC2)ccc1F. The van der Waals surface area contributed by atoms with Gasteiger partial charge in [0.25, 0.3) is 0 Å². The first-order valence-electron chi connectivity index (χ1n) is 5.93. The lowest BCUT2D eigenvalue weighted by Crippen LogP contribution is -2.19. The summed E-state index contributed by atoms with van der Waals surface area (Å²) in [6, 6.07) is 5.63. The van der Waals surface area contributed by atoms with E-state index in [4.69, 9.17) is 5.26 Å². The summed E-state index contributed by atoms with van der Waals surface area (Å²) in [7, 11) is -3.18. The molecule has 1 fully saturated rings. The van der Waals surface area contributed by atoms with Gasteiger partial charge in [-0.25, -0.2) is 12.8 Å². The van der Waals surface area contributed by atoms with Gasteiger partial charge in [-0.1, -0.05) is 18.9 Å². The molecule has 0 aliphatic heterocycles. The molecule has 0 radical (unpaired) electrons. The summed E-state index contributed by atoms with van der Waals surface area (Å²) in [5.74, 6) is -0.716. The zero-order chi connectivity index (χ0) is 13.2. The first-order chi connectivity index (χ1) is 8.53. The second-order valence-electron chi connectivity index (χ2n) is 4.64. The molecule has 0 amide bonds. The van der Waals surface area contributed by atoms with E-state index in [2.05, 4.69) is 0 Å². The van der Waals surface area contributed by atoms with Crippen molar-refractivity contribution in [3.63, 3.8) is 0 Å². The molecule has 1 aliphatic rings. The highest BCUT2D eigenvalue weighted by molar-refractivity contribution is 7.91. The van der Waals surface area contributed by atoms with Gasteiger partial charge in [0, 0.05) is 0 Å². The van der Waals surface area contributed by atoms with Gasteiger partial charge in [0.15, 0.2) is 9.84 Å². The van der Waals surface area contributed by atoms with Crippen molar-refractivity contribution in [2.24, 2.45) is 0 Å². The van der Waals surface area contributed by atoms with Crippen LogP contribution in [0.5, 0.6) is 0 Å². The highest BCUT2D eigenvalue weighted by Crippen LogP contribution is 2.27. The molecule has 0 spiro atoms. The molecule has 2 rings (SSSR count). The Hall–Kier alpha value is -1.41. The Bertz CT molecular complexity index is 583. The molecule has 0 atom stereocenters. The first kappa shape index (κ1) is 13.0. The molecular formula is C13H14FNO2S. The maximum atomic E-state index is 13.1. The summed E-state index contributed by atoms with van der Waals surface area (Å²) in [4.78, 5) is 0. The molecule has 96 valence electrons. The number of sulfone groups is 1. The zero-order valence-corrected chi connectivity index (χ0v) is 10.7. The number of hydrogen-bond donors (Lipinski definition) is 0. The van der Waals surface area contributed by atoms with Crippen molar-refractivity contribution in [2.75, 3.05) is 0 Å². The van der Waals surface area contributed by atoms with Gasteiger partial charge in [0.1, 0.15) is 11.9 Å². The molecule has 0 N–H and O–H groups in total. The minimum absolute atomic E-state index is 0.103. The molecule has 5 heteroatoms. The molecule has 1 aliphatic carbocycles. The highest BCUT2D eigenvalue weighted by Gasteiger charge is 2.28. The van der Waals surface area contributed by atoms with Crippen molar-refractivity contribution in [1.82, 2.24) is 0 Å². The van der Waals surface area contributed by atoms with E-state index in [1.165, 1.54) is 12.1 Å². The van der Waals surface area contributed by atoms with Gasteiger partial charge in [0.05, 0.1) is 16.6 Å². The lowest BCUT2D eigenvalue weighted by molar-refractivity contribution is 0.578. The van der Waals surface area contributed by atoms with E-state index in [1.807, 2.05) is 0 Å². The van der Waals surface area contributed by atoms with Crippen molar-refractivity contribution < 1.29 is 12.8 Å². The Morgan fingerprint density at radius 3 is 2.61 bits per heavy atom. The van der Waals surface area contributed by atoms with Crippen LogP contribution in [-0.2, 0) is 15.6 Å². The van der Waals surface area contributed by atoms with Crippen molar-refractivity contribution in [1.29, 1.82) is 5.26 Å². The summed E-state index contributed by atoms with van der Waals surface area (Å²) < 4.78 is 37.4. The van der Waals surface area contributed by atoms with Crippen LogP contribution in [0.3, 0.4) is 0 Å². The number of halogens is 1. The van der Waals surface area contributed by atoms with Crippen LogP contribution in [0.4, 0.5) is 4.39 Å². The molecule has 0 unspecified atom stereocenters. The molecule has 0 aromatic heterocycles. The van der Waals surface area contributed by atoms with Crippen LogP contribution in [0.2, 0.25) is 0 Å². The van der Waals surface area contributed by atoms with E-state index in [-0.39, 0.29) is 16.6 Å². The quantitative estimate of drug-likeness (QED) is 0.845. The van der Waals surface area contributed by atoms with Crippen LogP contribution in [0, 0.1) is 17.1 Å². The van der Waals surface area contributed by atoms with Gasteiger partial charge in [-0.15, -0.1) is 0 Å². The molecule has 1 saturated carbocycles. The summed E-state index contributed by atoms with van der Waals surface area (Å²) in [5.41, 5.74) is 0.383. The third-order valence-electron chi connectivity index (χ3n) is 3.33. The molecule has 18 heavy (non-hydrogen) atoms. The molecule has 3 nitrogen and oxygen atoms in total. The third kappa shape index (κ3) is 2.70. The van der Waals surface area contributed by atoms with Crippen LogP contribution >= 0.6 is 0 Å². The fourth-order valence-corrected chi connectivity index (χ4v) is 4.28. The van der Waals surface area contributed by atoms with Crippen LogP contribution in [-0.4, -0.2) is 13.7 Å². The lowest BCUT2D eigenvalue weighted by atomic mass is 10.1. The van der Waals surface area contributed by atoms with Crippen LogP contribution < -0.4 is 0 Å². The van der Waals surface area contributed by atoms with Gasteiger partial charge in [-0.2, -0.15) is 5.26 Å². The summed E-state index contributed by atoms with van der Waals surface area (Å²) in [6.45, 7) is 0. The van der Waals surface area contributed by atoms with Gasteiger partial charge in [0.2, 0.25) is 0 Å². The second kappa shape index (κ2) is 5.07. The Kier molecular flexibility index (Phi) is 3.67.